The Hall–Kier alpha value is -3.38. The van der Waals surface area contributed by atoms with Crippen molar-refractivity contribution in [2.75, 3.05) is 33.3 Å². The number of carbonyl (C=O) groups is 2. The zero-order chi connectivity index (χ0) is 30.6. The normalized spacial score (nSPS) is 25.4. The first-order chi connectivity index (χ1) is 20.6. The molecule has 1 aliphatic heterocycles. The zero-order valence-electron chi connectivity index (χ0n) is 24.7. The Morgan fingerprint density at radius 3 is 2.37 bits per heavy atom. The fraction of sp³-hybridized carbons (Fsp3) is 0.559. The molecule has 0 spiro atoms. The minimum absolute atomic E-state index is 0.0290. The van der Waals surface area contributed by atoms with E-state index in [9.17, 15) is 28.0 Å². The summed E-state index contributed by atoms with van der Waals surface area (Å²) in [6, 6.07) is 18.4. The molecule has 1 saturated heterocycles. The Balaban J connectivity index is 1.33. The number of hydrogen-bond acceptors (Lipinski definition) is 5. The van der Waals surface area contributed by atoms with Gasteiger partial charge in [-0.3, -0.25) is 9.59 Å². The fourth-order valence-electron chi connectivity index (χ4n) is 7.35. The Kier molecular flexibility index (Phi) is 9.45. The van der Waals surface area contributed by atoms with Gasteiger partial charge in [-0.2, -0.15) is 18.4 Å². The maximum Gasteiger partial charge on any atom is 0.471 e. The van der Waals surface area contributed by atoms with Gasteiger partial charge in [0, 0.05) is 25.0 Å². The molecule has 3 fully saturated rings. The number of carbonyl (C=O) groups excluding carboxylic acids is 2. The Morgan fingerprint density at radius 2 is 1.74 bits per heavy atom. The predicted molar refractivity (Wildman–Crippen MR) is 156 cm³/mol. The van der Waals surface area contributed by atoms with Gasteiger partial charge in [0.25, 0.3) is 0 Å². The first-order valence-electron chi connectivity index (χ1n) is 15.3. The number of rotatable bonds is 9. The lowest BCUT2D eigenvalue weighted by atomic mass is 9.72. The van der Waals surface area contributed by atoms with Crippen molar-refractivity contribution in [1.29, 1.82) is 5.26 Å². The summed E-state index contributed by atoms with van der Waals surface area (Å²) < 4.78 is 46.9. The SMILES string of the molecule is COC(=O)[C@H]1CC[C@H](CN2CCC(Cc3cccc(C#N)c3)(CN(C(=O)C(F)(F)F)[C@@H]3C[C@H]3c3ccccc3)CC2)CC1. The molecular weight excluding hydrogens is 555 g/mol. The largest absolute Gasteiger partial charge is 0.471 e. The molecule has 0 radical (unpaired) electrons. The monoisotopic (exact) mass is 595 g/mol. The third kappa shape index (κ3) is 7.59. The maximum atomic E-state index is 14.0. The molecule has 2 saturated carbocycles. The highest BCUT2D eigenvalue weighted by Crippen LogP contribution is 2.48. The summed E-state index contributed by atoms with van der Waals surface area (Å²) in [7, 11) is 1.43. The summed E-state index contributed by atoms with van der Waals surface area (Å²) in [5.41, 5.74) is 1.84. The number of hydrogen-bond donors (Lipinski definition) is 0. The number of likely N-dealkylation sites (tertiary alicyclic amines) is 1. The molecule has 230 valence electrons. The van der Waals surface area contributed by atoms with E-state index in [-0.39, 0.29) is 24.3 Å². The molecule has 5 rings (SSSR count). The first kappa shape index (κ1) is 31.1. The van der Waals surface area contributed by atoms with Crippen LogP contribution in [0.25, 0.3) is 0 Å². The van der Waals surface area contributed by atoms with Crippen LogP contribution in [0.2, 0.25) is 0 Å². The second-order valence-corrected chi connectivity index (χ2v) is 12.8. The average molecular weight is 596 g/mol. The van der Waals surface area contributed by atoms with Crippen LogP contribution >= 0.6 is 0 Å². The highest BCUT2D eigenvalue weighted by molar-refractivity contribution is 5.82. The van der Waals surface area contributed by atoms with Crippen molar-refractivity contribution >= 4 is 11.9 Å². The van der Waals surface area contributed by atoms with Crippen LogP contribution in [0.15, 0.2) is 54.6 Å². The third-order valence-electron chi connectivity index (χ3n) is 9.84. The van der Waals surface area contributed by atoms with Gasteiger partial charge < -0.3 is 14.5 Å². The van der Waals surface area contributed by atoms with Crippen LogP contribution < -0.4 is 0 Å². The molecule has 0 aromatic heterocycles. The molecule has 9 heteroatoms. The lowest BCUT2D eigenvalue weighted by molar-refractivity contribution is -0.188. The lowest BCUT2D eigenvalue weighted by Crippen LogP contribution is -2.53. The standard InChI is InChI=1S/C34H40F3N3O3/c1-43-31(41)28-12-10-24(11-13-28)22-39-16-14-33(15-17-39,20-25-6-5-7-26(18-25)21-38)23-40(32(42)34(35,36)37)30-19-29(30)27-8-3-2-4-9-27/h2-9,18,24,28-30H,10-17,19-20,22-23H2,1H3/t24-,28-,29-,30+/m0/s1. The number of benzene rings is 2. The van der Waals surface area contributed by atoms with E-state index < -0.39 is 23.5 Å². The fourth-order valence-corrected chi connectivity index (χ4v) is 7.35. The second-order valence-electron chi connectivity index (χ2n) is 12.8. The maximum absolute atomic E-state index is 14.0. The Labute approximate surface area is 251 Å². The number of amides is 1. The van der Waals surface area contributed by atoms with E-state index in [1.165, 1.54) is 7.11 Å². The van der Waals surface area contributed by atoms with Gasteiger partial charge in [-0.15, -0.1) is 0 Å². The number of nitriles is 1. The van der Waals surface area contributed by atoms with E-state index in [0.717, 1.165) is 61.3 Å². The number of nitrogens with zero attached hydrogens (tertiary/aromatic N) is 3. The van der Waals surface area contributed by atoms with Gasteiger partial charge in [-0.05, 0) is 99.0 Å². The van der Waals surface area contributed by atoms with Gasteiger partial charge in [0.15, 0.2) is 0 Å². The summed E-state index contributed by atoms with van der Waals surface area (Å²) in [5.74, 6) is -1.55. The third-order valence-corrected chi connectivity index (χ3v) is 9.84. The van der Waals surface area contributed by atoms with Crippen molar-refractivity contribution in [3.8, 4) is 6.07 Å². The molecule has 0 bridgehead atoms. The van der Waals surface area contributed by atoms with Gasteiger partial charge in [0.2, 0.25) is 0 Å². The van der Waals surface area contributed by atoms with Crippen LogP contribution in [0, 0.1) is 28.6 Å². The van der Waals surface area contributed by atoms with Crippen LogP contribution in [0.5, 0.6) is 0 Å². The molecule has 43 heavy (non-hydrogen) atoms. The molecule has 3 aliphatic rings. The smallest absolute Gasteiger partial charge is 0.469 e. The van der Waals surface area contributed by atoms with E-state index in [0.29, 0.717) is 37.2 Å². The molecule has 0 N–H and O–H groups in total. The van der Waals surface area contributed by atoms with Gasteiger partial charge in [0.05, 0.1) is 24.7 Å². The summed E-state index contributed by atoms with van der Waals surface area (Å²) in [6.45, 7) is 2.40. The first-order valence-corrected chi connectivity index (χ1v) is 15.3. The summed E-state index contributed by atoms with van der Waals surface area (Å²) in [4.78, 5) is 28.4. The molecule has 1 heterocycles. The molecule has 2 aromatic rings. The number of methoxy groups -OCH3 is 1. The summed E-state index contributed by atoms with van der Waals surface area (Å²) >= 11 is 0. The average Bonchev–Trinajstić information content (AvgIpc) is 3.82. The molecule has 1 amide bonds. The van der Waals surface area contributed by atoms with Crippen molar-refractivity contribution < 1.29 is 27.5 Å². The van der Waals surface area contributed by atoms with Crippen LogP contribution in [0.3, 0.4) is 0 Å². The molecule has 2 aliphatic carbocycles. The predicted octanol–water partition coefficient (Wildman–Crippen LogP) is 6.11. The van der Waals surface area contributed by atoms with Crippen LogP contribution in [-0.2, 0) is 20.7 Å². The van der Waals surface area contributed by atoms with Crippen LogP contribution in [0.4, 0.5) is 13.2 Å². The van der Waals surface area contributed by atoms with Crippen LogP contribution in [-0.4, -0.2) is 67.2 Å². The Bertz CT molecular complexity index is 1310. The van der Waals surface area contributed by atoms with Crippen molar-refractivity contribution in [1.82, 2.24) is 9.80 Å². The Morgan fingerprint density at radius 1 is 1.05 bits per heavy atom. The molecule has 6 nitrogen and oxygen atoms in total. The van der Waals surface area contributed by atoms with E-state index in [2.05, 4.69) is 11.0 Å². The van der Waals surface area contributed by atoms with Crippen molar-refractivity contribution in [3.63, 3.8) is 0 Å². The number of ether oxygens (including phenoxy) is 1. The van der Waals surface area contributed by atoms with E-state index >= 15 is 0 Å². The van der Waals surface area contributed by atoms with Crippen LogP contribution in [0.1, 0.15) is 67.6 Å². The van der Waals surface area contributed by atoms with Crippen molar-refractivity contribution in [2.45, 2.75) is 69.5 Å². The number of halogens is 3. The highest BCUT2D eigenvalue weighted by atomic mass is 19.4. The van der Waals surface area contributed by atoms with Crippen molar-refractivity contribution in [3.05, 3.63) is 71.3 Å². The van der Waals surface area contributed by atoms with Gasteiger partial charge in [-0.25, -0.2) is 0 Å². The van der Waals surface area contributed by atoms with E-state index in [1.54, 1.807) is 6.07 Å². The van der Waals surface area contributed by atoms with Gasteiger partial charge >= 0.3 is 18.1 Å². The van der Waals surface area contributed by atoms with E-state index in [1.807, 2.05) is 48.5 Å². The quantitative estimate of drug-likeness (QED) is 0.327. The minimum atomic E-state index is -4.95. The van der Waals surface area contributed by atoms with E-state index in [4.69, 9.17) is 4.74 Å². The minimum Gasteiger partial charge on any atom is -0.469 e. The number of esters is 1. The molecule has 2 aromatic carbocycles. The van der Waals surface area contributed by atoms with Gasteiger partial charge in [-0.1, -0.05) is 42.5 Å². The highest BCUT2D eigenvalue weighted by Gasteiger charge is 2.54. The van der Waals surface area contributed by atoms with Crippen molar-refractivity contribution in [2.24, 2.45) is 17.3 Å². The lowest BCUT2D eigenvalue weighted by Gasteiger charge is -2.46. The number of piperidine rings is 1. The number of alkyl halides is 3. The molecule has 0 unspecified atom stereocenters. The molecule has 2 atom stereocenters. The molecular formula is C34H40F3N3O3. The van der Waals surface area contributed by atoms with Gasteiger partial charge in [0.1, 0.15) is 0 Å². The zero-order valence-corrected chi connectivity index (χ0v) is 24.7. The second kappa shape index (κ2) is 13.1. The topological polar surface area (TPSA) is 73.6 Å². The summed E-state index contributed by atoms with van der Waals surface area (Å²) in [6.07, 6.45) is 0.952. The summed E-state index contributed by atoms with van der Waals surface area (Å²) in [5, 5.41) is 9.45.